The Morgan fingerprint density at radius 3 is 2.60 bits per heavy atom. The molecule has 1 saturated heterocycles. The van der Waals surface area contributed by atoms with Gasteiger partial charge in [0.25, 0.3) is 0 Å². The third-order valence-electron chi connectivity index (χ3n) is 7.07. The molecule has 1 aromatic heterocycles. The normalized spacial score (nSPS) is 24.3. The van der Waals surface area contributed by atoms with Gasteiger partial charge in [-0.15, -0.1) is 0 Å². The van der Waals surface area contributed by atoms with E-state index >= 15 is 0 Å². The van der Waals surface area contributed by atoms with Gasteiger partial charge in [-0.1, -0.05) is 35.9 Å². The molecule has 0 radical (unpaired) electrons. The summed E-state index contributed by atoms with van der Waals surface area (Å²) in [5.74, 6) is -1.27. The summed E-state index contributed by atoms with van der Waals surface area (Å²) in [6, 6.07) is 17.0. The quantitative estimate of drug-likeness (QED) is 0.578. The minimum Gasteiger partial charge on any atom is -0.497 e. The number of Topliss-reactive ketones (excluding diaryl/α,β-unsaturated/α-hetero) is 1. The lowest BCUT2D eigenvalue weighted by atomic mass is 9.67. The molecule has 2 aliphatic rings. The SMILES string of the molecule is COc1cccc(C(=O)C2C(c3ccncc3)C(C#N)(C(N)=O)C3C=Cc4cc(C)ccc4N23)c1. The largest absolute Gasteiger partial charge is 0.497 e. The van der Waals surface area contributed by atoms with Gasteiger partial charge in [-0.2, -0.15) is 5.26 Å². The van der Waals surface area contributed by atoms with Gasteiger partial charge in [0.1, 0.15) is 11.8 Å². The van der Waals surface area contributed by atoms with Gasteiger partial charge in [0.15, 0.2) is 11.2 Å². The molecule has 3 heterocycles. The number of carbonyl (C=O) groups excluding carboxylic acids is 2. The number of hydrogen-bond donors (Lipinski definition) is 1. The average molecular weight is 465 g/mol. The standard InChI is InChI=1S/C28H24N4O3/c1-17-6-8-22-19(14-17)7-9-23-28(16-29,27(30)34)24(18-10-12-31-13-11-18)25(32(22)23)26(33)20-4-3-5-21(15-20)35-2/h3-15,23-25H,1-2H3,(H2,30,34). The molecule has 0 aliphatic carbocycles. The van der Waals surface area contributed by atoms with E-state index in [4.69, 9.17) is 10.5 Å². The Hall–Kier alpha value is -4.44. The molecule has 2 N–H and O–H groups in total. The van der Waals surface area contributed by atoms with Gasteiger partial charge >= 0.3 is 0 Å². The first-order valence-corrected chi connectivity index (χ1v) is 11.3. The van der Waals surface area contributed by atoms with Crippen molar-refractivity contribution in [1.82, 2.24) is 4.98 Å². The third-order valence-corrected chi connectivity index (χ3v) is 7.07. The van der Waals surface area contributed by atoms with Crippen LogP contribution in [-0.4, -0.2) is 35.9 Å². The number of anilines is 1. The van der Waals surface area contributed by atoms with E-state index < -0.39 is 29.3 Å². The van der Waals surface area contributed by atoms with Gasteiger partial charge in [-0.25, -0.2) is 0 Å². The Bertz CT molecular complexity index is 1390. The first kappa shape index (κ1) is 22.4. The fourth-order valence-electron chi connectivity index (χ4n) is 5.50. The smallest absolute Gasteiger partial charge is 0.241 e. The number of nitriles is 1. The number of rotatable bonds is 5. The number of methoxy groups -OCH3 is 1. The number of carbonyl (C=O) groups is 2. The summed E-state index contributed by atoms with van der Waals surface area (Å²) in [6.45, 7) is 1.99. The van der Waals surface area contributed by atoms with Crippen LogP contribution in [0.1, 0.15) is 33.0 Å². The maximum atomic E-state index is 14.3. The van der Waals surface area contributed by atoms with Crippen molar-refractivity contribution in [2.75, 3.05) is 12.0 Å². The molecule has 2 aromatic carbocycles. The molecule has 35 heavy (non-hydrogen) atoms. The van der Waals surface area contributed by atoms with Crippen molar-refractivity contribution in [2.24, 2.45) is 11.1 Å². The highest BCUT2D eigenvalue weighted by molar-refractivity contribution is 6.06. The average Bonchev–Trinajstić information content (AvgIpc) is 3.20. The van der Waals surface area contributed by atoms with Crippen molar-refractivity contribution in [3.8, 4) is 11.8 Å². The van der Waals surface area contributed by atoms with Crippen LogP contribution in [0.25, 0.3) is 6.08 Å². The number of pyridine rings is 1. The van der Waals surface area contributed by atoms with E-state index in [2.05, 4.69) is 11.1 Å². The predicted molar refractivity (Wildman–Crippen MR) is 132 cm³/mol. The lowest BCUT2D eigenvalue weighted by Crippen LogP contribution is -2.49. The number of hydrogen-bond acceptors (Lipinski definition) is 6. The van der Waals surface area contributed by atoms with Gasteiger partial charge in [0.2, 0.25) is 5.91 Å². The number of aryl methyl sites for hydroxylation is 1. The summed E-state index contributed by atoms with van der Waals surface area (Å²) < 4.78 is 5.34. The highest BCUT2D eigenvalue weighted by Crippen LogP contribution is 2.55. The van der Waals surface area contributed by atoms with E-state index in [1.165, 1.54) is 7.11 Å². The van der Waals surface area contributed by atoms with Crippen molar-refractivity contribution in [3.63, 3.8) is 0 Å². The zero-order chi connectivity index (χ0) is 24.7. The summed E-state index contributed by atoms with van der Waals surface area (Å²) in [6.07, 6.45) is 6.91. The van der Waals surface area contributed by atoms with E-state index in [-0.39, 0.29) is 5.78 Å². The number of aromatic nitrogens is 1. The van der Waals surface area contributed by atoms with Crippen LogP contribution in [0.4, 0.5) is 5.69 Å². The van der Waals surface area contributed by atoms with Gasteiger partial charge < -0.3 is 15.4 Å². The van der Waals surface area contributed by atoms with Gasteiger partial charge in [-0.3, -0.25) is 14.6 Å². The van der Waals surface area contributed by atoms with E-state index in [9.17, 15) is 14.9 Å². The highest BCUT2D eigenvalue weighted by Gasteiger charge is 2.65. The van der Waals surface area contributed by atoms with Crippen molar-refractivity contribution >= 4 is 23.5 Å². The van der Waals surface area contributed by atoms with E-state index in [0.29, 0.717) is 16.9 Å². The van der Waals surface area contributed by atoms with E-state index in [1.807, 2.05) is 42.2 Å². The minimum absolute atomic E-state index is 0.226. The number of amides is 1. The lowest BCUT2D eigenvalue weighted by molar-refractivity contribution is -0.125. The van der Waals surface area contributed by atoms with Crippen LogP contribution < -0.4 is 15.4 Å². The second-order valence-electron chi connectivity index (χ2n) is 8.92. The molecule has 1 fully saturated rings. The molecular formula is C28H24N4O3. The molecule has 3 aromatic rings. The van der Waals surface area contributed by atoms with Crippen LogP contribution in [-0.2, 0) is 4.79 Å². The van der Waals surface area contributed by atoms with Gasteiger partial charge in [0.05, 0.1) is 19.2 Å². The van der Waals surface area contributed by atoms with Crippen molar-refractivity contribution in [3.05, 3.63) is 95.3 Å². The molecule has 0 bridgehead atoms. The first-order chi connectivity index (χ1) is 16.9. The zero-order valence-electron chi connectivity index (χ0n) is 19.4. The Balaban J connectivity index is 1.80. The third kappa shape index (κ3) is 3.29. The molecule has 1 amide bonds. The predicted octanol–water partition coefficient (Wildman–Crippen LogP) is 3.64. The number of primary amides is 1. The lowest BCUT2D eigenvalue weighted by Gasteiger charge is -2.36. The van der Waals surface area contributed by atoms with Crippen molar-refractivity contribution < 1.29 is 14.3 Å². The Labute approximate surface area is 203 Å². The van der Waals surface area contributed by atoms with Crippen LogP contribution in [0, 0.1) is 23.7 Å². The molecule has 4 unspecified atom stereocenters. The molecule has 0 saturated carbocycles. The van der Waals surface area contributed by atoms with Crippen LogP contribution >= 0.6 is 0 Å². The zero-order valence-corrected chi connectivity index (χ0v) is 19.4. The summed E-state index contributed by atoms with van der Waals surface area (Å²) in [4.78, 5) is 33.4. The molecular weight excluding hydrogens is 440 g/mol. The first-order valence-electron chi connectivity index (χ1n) is 11.3. The molecule has 5 rings (SSSR count). The van der Waals surface area contributed by atoms with Crippen LogP contribution in [0.15, 0.2) is 73.1 Å². The molecule has 7 nitrogen and oxygen atoms in total. The van der Waals surface area contributed by atoms with Crippen LogP contribution in [0.5, 0.6) is 5.75 Å². The maximum absolute atomic E-state index is 14.3. The topological polar surface area (TPSA) is 109 Å². The second-order valence-corrected chi connectivity index (χ2v) is 8.92. The Kier molecular flexibility index (Phi) is 5.37. The number of ether oxygens (including phenoxy) is 1. The monoisotopic (exact) mass is 464 g/mol. The second kappa shape index (κ2) is 8.41. The number of nitrogens with zero attached hydrogens (tertiary/aromatic N) is 3. The summed E-state index contributed by atoms with van der Waals surface area (Å²) in [5, 5.41) is 10.5. The number of fused-ring (bicyclic) bond motifs is 3. The summed E-state index contributed by atoms with van der Waals surface area (Å²) in [7, 11) is 1.54. The van der Waals surface area contributed by atoms with Crippen LogP contribution in [0.2, 0.25) is 0 Å². The maximum Gasteiger partial charge on any atom is 0.241 e. The molecule has 174 valence electrons. The highest BCUT2D eigenvalue weighted by atomic mass is 16.5. The molecule has 4 atom stereocenters. The molecule has 7 heteroatoms. The van der Waals surface area contributed by atoms with E-state index in [1.54, 1.807) is 48.8 Å². The number of benzene rings is 2. The van der Waals surface area contributed by atoms with E-state index in [0.717, 1.165) is 16.8 Å². The summed E-state index contributed by atoms with van der Waals surface area (Å²) >= 11 is 0. The Morgan fingerprint density at radius 2 is 1.91 bits per heavy atom. The molecule has 2 aliphatic heterocycles. The van der Waals surface area contributed by atoms with Gasteiger partial charge in [-0.05, 0) is 54.4 Å². The fraction of sp³-hybridized carbons (Fsp3) is 0.214. The van der Waals surface area contributed by atoms with Crippen LogP contribution in [0.3, 0.4) is 0 Å². The number of ketones is 1. The fourth-order valence-corrected chi connectivity index (χ4v) is 5.50. The van der Waals surface area contributed by atoms with Crippen molar-refractivity contribution in [1.29, 1.82) is 5.26 Å². The summed E-state index contributed by atoms with van der Waals surface area (Å²) in [5.41, 5.74) is 8.15. The number of nitrogens with two attached hydrogens (primary N) is 1. The minimum atomic E-state index is -1.68. The Morgan fingerprint density at radius 1 is 1.14 bits per heavy atom. The molecule has 0 spiro atoms. The van der Waals surface area contributed by atoms with Crippen molar-refractivity contribution in [2.45, 2.75) is 24.9 Å². The van der Waals surface area contributed by atoms with Gasteiger partial charge in [0, 0.05) is 29.6 Å².